The minimum atomic E-state index is 0.313. The lowest BCUT2D eigenvalue weighted by Crippen LogP contribution is -2.06. The highest BCUT2D eigenvalue weighted by Crippen LogP contribution is 2.43. The summed E-state index contributed by atoms with van der Waals surface area (Å²) in [6, 6.07) is 15.6. The number of imidazole rings is 1. The molecule has 0 saturated heterocycles. The summed E-state index contributed by atoms with van der Waals surface area (Å²) >= 11 is 0. The van der Waals surface area contributed by atoms with Gasteiger partial charge in [0.05, 0.1) is 16.7 Å². The predicted octanol–water partition coefficient (Wildman–Crippen LogP) is 8.44. The standard InChI is InChI=1S/C34H28N6/c1-17(2)29-13-26-21-7-5-19(12-25(21)28-15-36-16-37-30(28)32(26)38-29)20-6-8-23-24(11-20)22-9-10-35-14-27(22)33-31(23)39-34(40-33)18(3)4/h5-12,14-18H,13H2,1-4H3,(H,39,40). The Morgan fingerprint density at radius 2 is 1.43 bits per heavy atom. The van der Waals surface area contributed by atoms with E-state index >= 15 is 0 Å². The first-order chi connectivity index (χ1) is 19.5. The Morgan fingerprint density at radius 1 is 0.700 bits per heavy atom. The highest BCUT2D eigenvalue weighted by molar-refractivity contribution is 6.24. The number of hydrogen-bond acceptors (Lipinski definition) is 5. The molecule has 194 valence electrons. The molecule has 1 aliphatic heterocycles. The van der Waals surface area contributed by atoms with E-state index in [-0.39, 0.29) is 0 Å². The maximum atomic E-state index is 5.02. The number of benzene rings is 4. The highest BCUT2D eigenvalue weighted by Gasteiger charge is 2.24. The average molecular weight is 521 g/mol. The number of rotatable bonds is 3. The SMILES string of the molecule is CC(C)C1=Nc2c(c3ccc(-c4ccc5c(c4)c4ccncc4c4nc(C(C)C)[nH]c54)cc3c3cncnc23)C1. The molecular formula is C34H28N6. The lowest BCUT2D eigenvalue weighted by Gasteiger charge is -2.12. The zero-order valence-corrected chi connectivity index (χ0v) is 22.9. The number of H-pyrrole nitrogens is 1. The molecule has 0 amide bonds. The first-order valence-corrected chi connectivity index (χ1v) is 13.9. The first-order valence-electron chi connectivity index (χ1n) is 13.9. The minimum absolute atomic E-state index is 0.313. The van der Waals surface area contributed by atoms with Gasteiger partial charge in [0.2, 0.25) is 0 Å². The van der Waals surface area contributed by atoms with E-state index in [1.807, 2.05) is 18.6 Å². The van der Waals surface area contributed by atoms with Gasteiger partial charge < -0.3 is 4.98 Å². The molecule has 4 aromatic carbocycles. The molecule has 7 aromatic rings. The van der Waals surface area contributed by atoms with Crippen molar-refractivity contribution < 1.29 is 0 Å². The monoisotopic (exact) mass is 520 g/mol. The summed E-state index contributed by atoms with van der Waals surface area (Å²) < 4.78 is 0. The molecule has 0 saturated carbocycles. The van der Waals surface area contributed by atoms with Gasteiger partial charge in [-0.05, 0) is 62.4 Å². The number of hydrogen-bond donors (Lipinski definition) is 1. The Labute approximate surface area is 231 Å². The summed E-state index contributed by atoms with van der Waals surface area (Å²) in [5.41, 5.74) is 8.83. The molecule has 0 unspecified atom stereocenters. The maximum Gasteiger partial charge on any atom is 0.116 e. The number of nitrogens with one attached hydrogen (secondary N) is 1. The Bertz CT molecular complexity index is 2200. The molecule has 3 aromatic heterocycles. The predicted molar refractivity (Wildman–Crippen MR) is 165 cm³/mol. The van der Waals surface area contributed by atoms with Crippen molar-refractivity contribution in [2.45, 2.75) is 40.0 Å². The Hall–Kier alpha value is -4.71. The van der Waals surface area contributed by atoms with Crippen LogP contribution in [0.2, 0.25) is 0 Å². The molecule has 0 aliphatic carbocycles. The Kier molecular flexibility index (Phi) is 4.87. The molecule has 1 aliphatic rings. The van der Waals surface area contributed by atoms with Gasteiger partial charge in [-0.2, -0.15) is 0 Å². The number of aromatic amines is 1. The van der Waals surface area contributed by atoms with Crippen molar-refractivity contribution in [3.63, 3.8) is 0 Å². The molecule has 0 spiro atoms. The minimum Gasteiger partial charge on any atom is -0.341 e. The third-order valence-electron chi connectivity index (χ3n) is 8.39. The van der Waals surface area contributed by atoms with E-state index in [1.165, 1.54) is 38.4 Å². The van der Waals surface area contributed by atoms with Gasteiger partial charge in [-0.1, -0.05) is 52.0 Å². The zero-order valence-electron chi connectivity index (χ0n) is 22.9. The van der Waals surface area contributed by atoms with E-state index in [9.17, 15) is 0 Å². The molecule has 6 heteroatoms. The van der Waals surface area contributed by atoms with Gasteiger partial charge in [-0.3, -0.25) is 9.98 Å². The summed E-state index contributed by atoms with van der Waals surface area (Å²) in [4.78, 5) is 27.1. The van der Waals surface area contributed by atoms with Gasteiger partial charge in [0.25, 0.3) is 0 Å². The summed E-state index contributed by atoms with van der Waals surface area (Å²) in [6.45, 7) is 8.75. The fourth-order valence-corrected chi connectivity index (χ4v) is 6.23. The lowest BCUT2D eigenvalue weighted by atomic mass is 9.91. The topological polar surface area (TPSA) is 79.7 Å². The molecule has 40 heavy (non-hydrogen) atoms. The fraction of sp³-hybridized carbons (Fsp3) is 0.206. The molecular weight excluding hydrogens is 492 g/mol. The van der Waals surface area contributed by atoms with Crippen LogP contribution in [0.3, 0.4) is 0 Å². The van der Waals surface area contributed by atoms with Gasteiger partial charge in [0.1, 0.15) is 17.7 Å². The lowest BCUT2D eigenvalue weighted by molar-refractivity contribution is 0.799. The molecule has 4 heterocycles. The van der Waals surface area contributed by atoms with Crippen LogP contribution in [0.25, 0.3) is 65.4 Å². The van der Waals surface area contributed by atoms with Crippen molar-refractivity contribution in [3.8, 4) is 11.1 Å². The summed E-state index contributed by atoms with van der Waals surface area (Å²) in [7, 11) is 0. The molecule has 0 fully saturated rings. The Balaban J connectivity index is 1.37. The van der Waals surface area contributed by atoms with Gasteiger partial charge in [0, 0.05) is 52.8 Å². The van der Waals surface area contributed by atoms with E-state index in [0.29, 0.717) is 11.8 Å². The van der Waals surface area contributed by atoms with Crippen molar-refractivity contribution in [1.29, 1.82) is 0 Å². The second-order valence-corrected chi connectivity index (χ2v) is 11.5. The van der Waals surface area contributed by atoms with Crippen LogP contribution < -0.4 is 0 Å². The van der Waals surface area contributed by atoms with Crippen molar-refractivity contribution >= 4 is 65.7 Å². The van der Waals surface area contributed by atoms with Gasteiger partial charge in [-0.15, -0.1) is 0 Å². The number of aromatic nitrogens is 5. The van der Waals surface area contributed by atoms with Crippen molar-refractivity contribution in [1.82, 2.24) is 24.9 Å². The maximum absolute atomic E-state index is 5.02. The normalized spacial score (nSPS) is 13.5. The largest absolute Gasteiger partial charge is 0.341 e. The fourth-order valence-electron chi connectivity index (χ4n) is 6.23. The van der Waals surface area contributed by atoms with E-state index in [1.54, 1.807) is 6.33 Å². The van der Waals surface area contributed by atoms with Crippen LogP contribution in [-0.4, -0.2) is 30.6 Å². The molecule has 0 bridgehead atoms. The third kappa shape index (κ3) is 3.25. The van der Waals surface area contributed by atoms with Gasteiger partial charge in [0.15, 0.2) is 0 Å². The molecule has 0 atom stereocenters. The van der Waals surface area contributed by atoms with E-state index in [2.05, 4.69) is 90.1 Å². The quantitative estimate of drug-likeness (QED) is 0.237. The van der Waals surface area contributed by atoms with Crippen LogP contribution >= 0.6 is 0 Å². The second kappa shape index (κ2) is 8.39. The van der Waals surface area contributed by atoms with Crippen LogP contribution in [0.4, 0.5) is 5.69 Å². The van der Waals surface area contributed by atoms with Crippen molar-refractivity contribution in [2.24, 2.45) is 10.9 Å². The number of aliphatic imine (C=N–C) groups is 1. The summed E-state index contributed by atoms with van der Waals surface area (Å²) in [5.74, 6) is 1.71. The van der Waals surface area contributed by atoms with E-state index < -0.39 is 0 Å². The molecule has 8 rings (SSSR count). The average Bonchev–Trinajstić information content (AvgIpc) is 3.64. The number of fused-ring (bicyclic) bond motifs is 12. The molecule has 6 nitrogen and oxygen atoms in total. The van der Waals surface area contributed by atoms with Crippen molar-refractivity contribution in [3.05, 3.63) is 78.8 Å². The van der Waals surface area contributed by atoms with Gasteiger partial charge >= 0.3 is 0 Å². The van der Waals surface area contributed by atoms with E-state index in [0.717, 1.165) is 56.2 Å². The van der Waals surface area contributed by atoms with E-state index in [4.69, 9.17) is 9.98 Å². The summed E-state index contributed by atoms with van der Waals surface area (Å²) in [5, 5.41) is 8.06. The van der Waals surface area contributed by atoms with Crippen LogP contribution in [-0.2, 0) is 6.42 Å². The number of nitrogens with zero attached hydrogens (tertiary/aromatic N) is 5. The van der Waals surface area contributed by atoms with Crippen LogP contribution in [0.1, 0.15) is 45.0 Å². The second-order valence-electron chi connectivity index (χ2n) is 11.5. The smallest absolute Gasteiger partial charge is 0.116 e. The van der Waals surface area contributed by atoms with Crippen LogP contribution in [0.15, 0.2) is 72.4 Å². The molecule has 0 radical (unpaired) electrons. The highest BCUT2D eigenvalue weighted by atomic mass is 14.9. The number of pyridine rings is 1. The van der Waals surface area contributed by atoms with Crippen LogP contribution in [0, 0.1) is 5.92 Å². The Morgan fingerprint density at radius 3 is 2.20 bits per heavy atom. The van der Waals surface area contributed by atoms with Crippen LogP contribution in [0.5, 0.6) is 0 Å². The third-order valence-corrected chi connectivity index (χ3v) is 8.39. The molecule has 1 N–H and O–H groups in total. The zero-order chi connectivity index (χ0) is 27.1. The van der Waals surface area contributed by atoms with Gasteiger partial charge in [-0.25, -0.2) is 15.0 Å². The van der Waals surface area contributed by atoms with Crippen molar-refractivity contribution in [2.75, 3.05) is 0 Å². The first kappa shape index (κ1) is 23.2. The summed E-state index contributed by atoms with van der Waals surface area (Å²) in [6.07, 6.45) is 8.24.